The number of phenols is 1. The summed E-state index contributed by atoms with van der Waals surface area (Å²) in [6.45, 7) is 1.95. The highest BCUT2D eigenvalue weighted by atomic mass is 16.3. The highest BCUT2D eigenvalue weighted by molar-refractivity contribution is 6.51. The summed E-state index contributed by atoms with van der Waals surface area (Å²) in [5.74, 6) is -0.987. The molecule has 1 aliphatic rings. The zero-order valence-electron chi connectivity index (χ0n) is 14.8. The number of nitrogens with zero attached hydrogens (tertiary/aromatic N) is 1. The molecule has 3 aromatic carbocycles. The van der Waals surface area contributed by atoms with E-state index in [9.17, 15) is 14.7 Å². The number of nitrogens with one attached hydrogen (secondary N) is 1. The van der Waals surface area contributed by atoms with Gasteiger partial charge in [0.25, 0.3) is 5.91 Å². The predicted octanol–water partition coefficient (Wildman–Crippen LogP) is 3.76. The lowest BCUT2D eigenvalue weighted by Gasteiger charge is -2.07. The summed E-state index contributed by atoms with van der Waals surface area (Å²) in [5.41, 5.74) is 4.49. The highest BCUT2D eigenvalue weighted by Crippen LogP contribution is 2.33. The van der Waals surface area contributed by atoms with Crippen LogP contribution in [0.1, 0.15) is 40.7 Å². The standard InChI is InChI=1S/C22H18N2O3/c1-2-14-16-9-5-6-10-17(16)19(21(14)26)23-24-22(27)18-12-11-13-7-3-4-8-15(13)20(18)25/h3-12,14,25H,2H2,1H3,(H,24,27)/b23-19+. The first-order valence-electron chi connectivity index (χ1n) is 8.84. The number of hydrogen-bond donors (Lipinski definition) is 2. The van der Waals surface area contributed by atoms with Gasteiger partial charge in [0.15, 0.2) is 5.78 Å². The number of fused-ring (bicyclic) bond motifs is 2. The summed E-state index contributed by atoms with van der Waals surface area (Å²) in [7, 11) is 0. The number of benzene rings is 3. The minimum absolute atomic E-state index is 0.0956. The van der Waals surface area contributed by atoms with E-state index in [4.69, 9.17) is 0 Å². The normalized spacial score (nSPS) is 17.3. The molecule has 0 saturated carbocycles. The summed E-state index contributed by atoms with van der Waals surface area (Å²) in [5, 5.41) is 15.9. The lowest BCUT2D eigenvalue weighted by atomic mass is 9.98. The van der Waals surface area contributed by atoms with Gasteiger partial charge in [0, 0.05) is 16.9 Å². The maximum Gasteiger partial charge on any atom is 0.275 e. The number of hydrogen-bond acceptors (Lipinski definition) is 4. The van der Waals surface area contributed by atoms with Crippen molar-refractivity contribution in [1.82, 2.24) is 5.43 Å². The molecule has 0 fully saturated rings. The van der Waals surface area contributed by atoms with Crippen LogP contribution < -0.4 is 5.43 Å². The molecule has 27 heavy (non-hydrogen) atoms. The first-order valence-corrected chi connectivity index (χ1v) is 8.84. The van der Waals surface area contributed by atoms with E-state index in [2.05, 4.69) is 10.5 Å². The summed E-state index contributed by atoms with van der Waals surface area (Å²) < 4.78 is 0. The molecule has 0 bridgehead atoms. The van der Waals surface area contributed by atoms with Crippen molar-refractivity contribution in [3.8, 4) is 5.75 Å². The van der Waals surface area contributed by atoms with Crippen molar-refractivity contribution in [3.63, 3.8) is 0 Å². The van der Waals surface area contributed by atoms with Crippen molar-refractivity contribution in [3.05, 3.63) is 77.4 Å². The molecule has 1 amide bonds. The first kappa shape index (κ1) is 17.0. The fraction of sp³-hybridized carbons (Fsp3) is 0.136. The Hall–Kier alpha value is -3.47. The van der Waals surface area contributed by atoms with E-state index in [1.807, 2.05) is 43.3 Å². The number of Topliss-reactive ketones (excluding diaryl/α,β-unsaturated/α-hetero) is 1. The molecular formula is C22H18N2O3. The second-order valence-electron chi connectivity index (χ2n) is 6.50. The Morgan fingerprint density at radius 2 is 1.81 bits per heavy atom. The summed E-state index contributed by atoms with van der Waals surface area (Å²) >= 11 is 0. The van der Waals surface area contributed by atoms with Gasteiger partial charge in [-0.15, -0.1) is 0 Å². The van der Waals surface area contributed by atoms with Crippen LogP contribution in [0.25, 0.3) is 10.8 Å². The Kier molecular flexibility index (Phi) is 4.20. The number of aromatic hydroxyl groups is 1. The number of hydrazone groups is 1. The number of rotatable bonds is 3. The molecule has 1 atom stereocenters. The Bertz CT molecular complexity index is 1100. The topological polar surface area (TPSA) is 78.8 Å². The van der Waals surface area contributed by atoms with Crippen LogP contribution in [0.4, 0.5) is 0 Å². The lowest BCUT2D eigenvalue weighted by Crippen LogP contribution is -2.23. The van der Waals surface area contributed by atoms with Crippen LogP contribution in [0.15, 0.2) is 65.8 Å². The Morgan fingerprint density at radius 3 is 2.63 bits per heavy atom. The second-order valence-corrected chi connectivity index (χ2v) is 6.50. The molecule has 2 N–H and O–H groups in total. The first-order chi connectivity index (χ1) is 13.1. The van der Waals surface area contributed by atoms with Crippen molar-refractivity contribution < 1.29 is 14.7 Å². The number of ketones is 1. The van der Waals surface area contributed by atoms with E-state index in [1.165, 1.54) is 0 Å². The molecule has 134 valence electrons. The second kappa shape index (κ2) is 6.68. The minimum Gasteiger partial charge on any atom is -0.506 e. The third-order valence-electron chi connectivity index (χ3n) is 4.96. The molecule has 4 rings (SSSR count). The van der Waals surface area contributed by atoms with Gasteiger partial charge in [-0.3, -0.25) is 9.59 Å². The number of carbonyl (C=O) groups excluding carboxylic acids is 2. The lowest BCUT2D eigenvalue weighted by molar-refractivity contribution is -0.113. The zero-order chi connectivity index (χ0) is 19.0. The summed E-state index contributed by atoms with van der Waals surface area (Å²) in [4.78, 5) is 25.2. The third kappa shape index (κ3) is 2.77. The molecule has 3 aromatic rings. The van der Waals surface area contributed by atoms with E-state index in [0.29, 0.717) is 11.8 Å². The van der Waals surface area contributed by atoms with Crippen molar-refractivity contribution in [2.45, 2.75) is 19.3 Å². The van der Waals surface area contributed by atoms with Gasteiger partial charge in [0.05, 0.1) is 5.56 Å². The van der Waals surface area contributed by atoms with Gasteiger partial charge >= 0.3 is 0 Å². The maximum atomic E-state index is 12.7. The van der Waals surface area contributed by atoms with E-state index >= 15 is 0 Å². The fourth-order valence-corrected chi connectivity index (χ4v) is 3.58. The summed E-state index contributed by atoms with van der Waals surface area (Å²) in [6, 6.07) is 18.1. The van der Waals surface area contributed by atoms with Crippen molar-refractivity contribution in [1.29, 1.82) is 0 Å². The van der Waals surface area contributed by atoms with Gasteiger partial charge in [-0.05, 0) is 23.4 Å². The van der Waals surface area contributed by atoms with Crippen LogP contribution >= 0.6 is 0 Å². The van der Waals surface area contributed by atoms with Crippen LogP contribution in [0.2, 0.25) is 0 Å². The van der Waals surface area contributed by atoms with Gasteiger partial charge in [0.1, 0.15) is 11.5 Å². The smallest absolute Gasteiger partial charge is 0.275 e. The molecule has 1 unspecified atom stereocenters. The number of carbonyl (C=O) groups is 2. The van der Waals surface area contributed by atoms with E-state index in [-0.39, 0.29) is 28.7 Å². The minimum atomic E-state index is -0.559. The fourth-order valence-electron chi connectivity index (χ4n) is 3.58. The van der Waals surface area contributed by atoms with Gasteiger partial charge in [-0.1, -0.05) is 61.5 Å². The average molecular weight is 358 g/mol. The maximum absolute atomic E-state index is 12.7. The van der Waals surface area contributed by atoms with E-state index in [0.717, 1.165) is 16.5 Å². The molecule has 5 nitrogen and oxygen atoms in total. The van der Waals surface area contributed by atoms with Gasteiger partial charge in [-0.2, -0.15) is 5.10 Å². The van der Waals surface area contributed by atoms with Crippen LogP contribution in [0, 0.1) is 0 Å². The Morgan fingerprint density at radius 1 is 1.07 bits per heavy atom. The average Bonchev–Trinajstić information content (AvgIpc) is 2.97. The largest absolute Gasteiger partial charge is 0.506 e. The molecule has 5 heteroatoms. The van der Waals surface area contributed by atoms with Crippen LogP contribution in [-0.2, 0) is 4.79 Å². The Balaban J connectivity index is 1.66. The molecule has 0 heterocycles. The molecule has 0 aliphatic heterocycles. The van der Waals surface area contributed by atoms with E-state index in [1.54, 1.807) is 24.3 Å². The Labute approximate surface area is 156 Å². The number of amides is 1. The van der Waals surface area contributed by atoms with Gasteiger partial charge in [0.2, 0.25) is 0 Å². The predicted molar refractivity (Wildman–Crippen MR) is 104 cm³/mol. The molecule has 0 spiro atoms. The number of phenolic OH excluding ortho intramolecular Hbond substituents is 1. The van der Waals surface area contributed by atoms with Crippen molar-refractivity contribution in [2.24, 2.45) is 5.10 Å². The molecule has 0 saturated heterocycles. The van der Waals surface area contributed by atoms with Gasteiger partial charge < -0.3 is 5.11 Å². The van der Waals surface area contributed by atoms with Crippen molar-refractivity contribution in [2.75, 3.05) is 0 Å². The van der Waals surface area contributed by atoms with Crippen molar-refractivity contribution >= 4 is 28.2 Å². The van der Waals surface area contributed by atoms with Crippen LogP contribution in [-0.4, -0.2) is 22.5 Å². The van der Waals surface area contributed by atoms with Crippen LogP contribution in [0.5, 0.6) is 5.75 Å². The summed E-state index contributed by atoms with van der Waals surface area (Å²) in [6.07, 6.45) is 0.675. The van der Waals surface area contributed by atoms with E-state index < -0.39 is 5.91 Å². The highest BCUT2D eigenvalue weighted by Gasteiger charge is 2.35. The zero-order valence-corrected chi connectivity index (χ0v) is 14.8. The quantitative estimate of drug-likeness (QED) is 0.700. The third-order valence-corrected chi connectivity index (χ3v) is 4.96. The molecular weight excluding hydrogens is 340 g/mol. The monoisotopic (exact) mass is 358 g/mol. The van der Waals surface area contributed by atoms with Crippen LogP contribution in [0.3, 0.4) is 0 Å². The van der Waals surface area contributed by atoms with Gasteiger partial charge in [-0.25, -0.2) is 5.43 Å². The molecule has 0 aromatic heterocycles. The SMILES string of the molecule is CCC1C(=O)/C(=N/NC(=O)c2ccc3ccccc3c2O)c2ccccc21. The molecule has 1 aliphatic carbocycles. The molecule has 0 radical (unpaired) electrons.